The number of carbonyl (C=O) groups is 2. The second-order valence-electron chi connectivity index (χ2n) is 7.62. The van der Waals surface area contributed by atoms with Crippen molar-refractivity contribution in [1.29, 1.82) is 0 Å². The van der Waals surface area contributed by atoms with Gasteiger partial charge in [-0.1, -0.05) is 11.6 Å². The quantitative estimate of drug-likeness (QED) is 0.721. The molecule has 1 aromatic carbocycles. The standard InChI is InChI=1S/C20H23ClN2O5/c1-20(2,3)28-19(25)23-11-13(10-16(23)18(24)26-4)27-17-7-8-22-15-9-12(21)5-6-14(15)17/h5-9,13,16H,10-11H2,1-4H3/t13-,16+/m1/s1. The van der Waals surface area contributed by atoms with Gasteiger partial charge < -0.3 is 14.2 Å². The Morgan fingerprint density at radius 1 is 1.25 bits per heavy atom. The molecule has 1 fully saturated rings. The van der Waals surface area contributed by atoms with E-state index in [1.807, 2.05) is 6.07 Å². The van der Waals surface area contributed by atoms with Crippen LogP contribution < -0.4 is 4.74 Å². The van der Waals surface area contributed by atoms with Crippen LogP contribution in [0.1, 0.15) is 27.2 Å². The van der Waals surface area contributed by atoms with Gasteiger partial charge in [-0.2, -0.15) is 0 Å². The topological polar surface area (TPSA) is 78.0 Å². The van der Waals surface area contributed by atoms with E-state index in [1.165, 1.54) is 12.0 Å². The van der Waals surface area contributed by atoms with Crippen LogP contribution >= 0.6 is 11.6 Å². The molecule has 2 aromatic rings. The smallest absolute Gasteiger partial charge is 0.411 e. The van der Waals surface area contributed by atoms with E-state index in [9.17, 15) is 9.59 Å². The second-order valence-corrected chi connectivity index (χ2v) is 8.05. The molecule has 1 aromatic heterocycles. The monoisotopic (exact) mass is 406 g/mol. The van der Waals surface area contributed by atoms with Gasteiger partial charge in [0.25, 0.3) is 0 Å². The number of hydrogen-bond acceptors (Lipinski definition) is 6. The minimum absolute atomic E-state index is 0.214. The number of pyridine rings is 1. The van der Waals surface area contributed by atoms with E-state index in [0.29, 0.717) is 22.7 Å². The molecule has 150 valence electrons. The number of methoxy groups -OCH3 is 1. The molecule has 28 heavy (non-hydrogen) atoms. The van der Waals surface area contributed by atoms with Crippen LogP contribution in [0.5, 0.6) is 5.75 Å². The first kappa shape index (κ1) is 20.2. The number of likely N-dealkylation sites (tertiary alicyclic amines) is 1. The van der Waals surface area contributed by atoms with Gasteiger partial charge in [0.2, 0.25) is 0 Å². The minimum Gasteiger partial charge on any atom is -0.488 e. The summed E-state index contributed by atoms with van der Waals surface area (Å²) in [6.07, 6.45) is 0.980. The Labute approximate surface area is 168 Å². The molecule has 2 atom stereocenters. The Morgan fingerprint density at radius 2 is 2.00 bits per heavy atom. The summed E-state index contributed by atoms with van der Waals surface area (Å²) in [5.74, 6) is 0.115. The zero-order valence-electron chi connectivity index (χ0n) is 16.3. The van der Waals surface area contributed by atoms with Gasteiger partial charge >= 0.3 is 12.1 Å². The Hall–Kier alpha value is -2.54. The average Bonchev–Trinajstić information content (AvgIpc) is 3.03. The number of rotatable bonds is 3. The van der Waals surface area contributed by atoms with Crippen molar-refractivity contribution in [3.05, 3.63) is 35.5 Å². The molecule has 3 rings (SSSR count). The van der Waals surface area contributed by atoms with Crippen LogP contribution in [-0.2, 0) is 14.3 Å². The van der Waals surface area contributed by atoms with Gasteiger partial charge in [-0.3, -0.25) is 9.88 Å². The fourth-order valence-electron chi connectivity index (χ4n) is 3.14. The Balaban J connectivity index is 1.82. The normalized spacial score (nSPS) is 19.5. The van der Waals surface area contributed by atoms with Crippen molar-refractivity contribution >= 4 is 34.6 Å². The Kier molecular flexibility index (Phi) is 5.65. The minimum atomic E-state index is -0.757. The summed E-state index contributed by atoms with van der Waals surface area (Å²) in [4.78, 5) is 30.4. The largest absolute Gasteiger partial charge is 0.488 e. The zero-order chi connectivity index (χ0) is 20.5. The number of hydrogen-bond donors (Lipinski definition) is 0. The van der Waals surface area contributed by atoms with Gasteiger partial charge in [-0.25, -0.2) is 9.59 Å². The van der Waals surface area contributed by atoms with Crippen molar-refractivity contribution in [3.8, 4) is 5.75 Å². The highest BCUT2D eigenvalue weighted by Gasteiger charge is 2.43. The number of ether oxygens (including phenoxy) is 3. The molecule has 1 saturated heterocycles. The molecule has 0 radical (unpaired) electrons. The van der Waals surface area contributed by atoms with Crippen LogP contribution in [0.25, 0.3) is 10.9 Å². The molecule has 2 heterocycles. The molecule has 0 saturated carbocycles. The predicted octanol–water partition coefficient (Wildman–Crippen LogP) is 3.82. The van der Waals surface area contributed by atoms with Crippen LogP contribution in [0, 0.1) is 0 Å². The van der Waals surface area contributed by atoms with Crippen LogP contribution in [0.15, 0.2) is 30.5 Å². The molecule has 7 nitrogen and oxygen atoms in total. The molecular weight excluding hydrogens is 384 g/mol. The van der Waals surface area contributed by atoms with Gasteiger partial charge in [0, 0.05) is 23.0 Å². The molecule has 1 amide bonds. The lowest BCUT2D eigenvalue weighted by atomic mass is 10.2. The molecule has 1 aliphatic heterocycles. The Bertz CT molecular complexity index is 896. The first-order valence-electron chi connectivity index (χ1n) is 8.96. The van der Waals surface area contributed by atoms with Crippen LogP contribution in [-0.4, -0.2) is 53.3 Å². The van der Waals surface area contributed by atoms with Gasteiger partial charge in [0.15, 0.2) is 0 Å². The van der Waals surface area contributed by atoms with Gasteiger partial charge in [0.05, 0.1) is 19.2 Å². The molecule has 0 aliphatic carbocycles. The lowest BCUT2D eigenvalue weighted by Crippen LogP contribution is -2.44. The molecule has 0 unspecified atom stereocenters. The molecular formula is C20H23ClN2O5. The number of nitrogens with zero attached hydrogens (tertiary/aromatic N) is 2. The Morgan fingerprint density at radius 3 is 2.68 bits per heavy atom. The summed E-state index contributed by atoms with van der Waals surface area (Å²) in [5.41, 5.74) is 0.0357. The summed E-state index contributed by atoms with van der Waals surface area (Å²) >= 11 is 6.03. The maximum absolute atomic E-state index is 12.6. The average molecular weight is 407 g/mol. The van der Waals surface area contributed by atoms with E-state index >= 15 is 0 Å². The van der Waals surface area contributed by atoms with E-state index < -0.39 is 29.8 Å². The number of fused-ring (bicyclic) bond motifs is 1. The molecule has 0 N–H and O–H groups in total. The zero-order valence-corrected chi connectivity index (χ0v) is 17.0. The predicted molar refractivity (Wildman–Crippen MR) is 105 cm³/mol. The number of aromatic nitrogens is 1. The van der Waals surface area contributed by atoms with E-state index in [0.717, 1.165) is 5.39 Å². The van der Waals surface area contributed by atoms with E-state index in [4.69, 9.17) is 25.8 Å². The van der Waals surface area contributed by atoms with E-state index in [2.05, 4.69) is 4.98 Å². The first-order valence-corrected chi connectivity index (χ1v) is 9.34. The number of carbonyl (C=O) groups excluding carboxylic acids is 2. The highest BCUT2D eigenvalue weighted by molar-refractivity contribution is 6.31. The van der Waals surface area contributed by atoms with Gasteiger partial charge in [0.1, 0.15) is 23.5 Å². The van der Waals surface area contributed by atoms with E-state index in [-0.39, 0.29) is 6.54 Å². The third-order valence-electron chi connectivity index (χ3n) is 4.32. The lowest BCUT2D eigenvalue weighted by molar-refractivity contribution is -0.145. The van der Waals surface area contributed by atoms with Crippen LogP contribution in [0.2, 0.25) is 5.02 Å². The van der Waals surface area contributed by atoms with Crippen molar-refractivity contribution in [2.45, 2.75) is 44.9 Å². The van der Waals surface area contributed by atoms with Crippen LogP contribution in [0.4, 0.5) is 4.79 Å². The lowest BCUT2D eigenvalue weighted by Gasteiger charge is -2.27. The maximum Gasteiger partial charge on any atom is 0.411 e. The fourth-order valence-corrected chi connectivity index (χ4v) is 3.31. The van der Waals surface area contributed by atoms with Gasteiger partial charge in [-0.05, 0) is 45.0 Å². The van der Waals surface area contributed by atoms with Crippen molar-refractivity contribution in [2.75, 3.05) is 13.7 Å². The van der Waals surface area contributed by atoms with Gasteiger partial charge in [-0.15, -0.1) is 0 Å². The number of esters is 1. The number of amides is 1. The summed E-state index contributed by atoms with van der Waals surface area (Å²) in [6.45, 7) is 5.54. The SMILES string of the molecule is COC(=O)[C@@H]1C[C@@H](Oc2ccnc3cc(Cl)ccc23)CN1C(=O)OC(C)(C)C. The molecule has 0 bridgehead atoms. The van der Waals surface area contributed by atoms with E-state index in [1.54, 1.807) is 45.2 Å². The molecule has 8 heteroatoms. The van der Waals surface area contributed by atoms with Crippen molar-refractivity contribution in [2.24, 2.45) is 0 Å². The summed E-state index contributed by atoms with van der Waals surface area (Å²) < 4.78 is 16.4. The number of halogens is 1. The van der Waals surface area contributed by atoms with Crippen molar-refractivity contribution < 1.29 is 23.8 Å². The summed E-state index contributed by atoms with van der Waals surface area (Å²) in [5, 5.41) is 1.39. The molecule has 0 spiro atoms. The third-order valence-corrected chi connectivity index (χ3v) is 4.56. The fraction of sp³-hybridized carbons (Fsp3) is 0.450. The molecule has 1 aliphatic rings. The first-order chi connectivity index (χ1) is 13.2. The van der Waals surface area contributed by atoms with Crippen molar-refractivity contribution in [3.63, 3.8) is 0 Å². The second kappa shape index (κ2) is 7.83. The van der Waals surface area contributed by atoms with Crippen molar-refractivity contribution in [1.82, 2.24) is 9.88 Å². The number of benzene rings is 1. The maximum atomic E-state index is 12.6. The third kappa shape index (κ3) is 4.47. The summed E-state index contributed by atoms with van der Waals surface area (Å²) in [7, 11) is 1.30. The summed E-state index contributed by atoms with van der Waals surface area (Å²) in [6, 6.07) is 6.34. The van der Waals surface area contributed by atoms with Crippen LogP contribution in [0.3, 0.4) is 0 Å². The highest BCUT2D eigenvalue weighted by atomic mass is 35.5. The highest BCUT2D eigenvalue weighted by Crippen LogP contribution is 2.30.